The number of phenolic OH excluding ortho intramolecular Hbond substituents is 1. The highest BCUT2D eigenvalue weighted by Gasteiger charge is 2.26. The average Bonchev–Trinajstić information content (AvgIpc) is 2.48. The molecule has 0 saturated heterocycles. The molecule has 1 aliphatic carbocycles. The van der Waals surface area contributed by atoms with Crippen LogP contribution in [-0.2, 0) is 0 Å². The van der Waals surface area contributed by atoms with Crippen molar-refractivity contribution in [3.05, 3.63) is 27.3 Å². The van der Waals surface area contributed by atoms with E-state index in [1.807, 2.05) is 0 Å². The molecule has 1 aromatic rings. The van der Waals surface area contributed by atoms with Gasteiger partial charge in [0.05, 0.1) is 11.6 Å². The van der Waals surface area contributed by atoms with Crippen LogP contribution in [0.4, 0.5) is 0 Å². The number of nitrogens with zero attached hydrogens (tertiary/aromatic N) is 1. The van der Waals surface area contributed by atoms with Gasteiger partial charge in [0.1, 0.15) is 11.8 Å². The van der Waals surface area contributed by atoms with E-state index in [1.165, 1.54) is 12.5 Å². The lowest BCUT2D eigenvalue weighted by molar-refractivity contribution is 0.0926. The molecule has 2 rings (SSSR count). The molecule has 1 aromatic carbocycles. The third-order valence-corrected chi connectivity index (χ3v) is 4.42. The smallest absolute Gasteiger partial charge is 0.256 e. The molecule has 1 unspecified atom stereocenters. The largest absolute Gasteiger partial charge is 0.507 e. The molecule has 0 aliphatic heterocycles. The van der Waals surface area contributed by atoms with Crippen molar-refractivity contribution in [2.24, 2.45) is 5.92 Å². The quantitative estimate of drug-likeness (QED) is 0.787. The van der Waals surface area contributed by atoms with Gasteiger partial charge in [-0.2, -0.15) is 5.26 Å². The van der Waals surface area contributed by atoms with Gasteiger partial charge in [-0.25, -0.2) is 0 Å². The van der Waals surface area contributed by atoms with E-state index in [4.69, 9.17) is 0 Å². The molecule has 20 heavy (non-hydrogen) atoms. The zero-order chi connectivity index (χ0) is 14.5. The molecule has 1 atom stereocenters. The van der Waals surface area contributed by atoms with Crippen molar-refractivity contribution < 1.29 is 9.90 Å². The molecule has 0 radical (unpaired) electrons. The SMILES string of the molecule is N#CC(NC(=O)c1cc(I)ccc1O)C1CCCCC1. The van der Waals surface area contributed by atoms with Gasteiger partial charge < -0.3 is 10.4 Å². The molecule has 1 amide bonds. The van der Waals surface area contributed by atoms with Crippen LogP contribution in [0, 0.1) is 20.8 Å². The molecule has 5 heteroatoms. The van der Waals surface area contributed by atoms with E-state index in [2.05, 4.69) is 34.0 Å². The Morgan fingerprint density at radius 1 is 1.40 bits per heavy atom. The van der Waals surface area contributed by atoms with Crippen molar-refractivity contribution in [3.8, 4) is 11.8 Å². The van der Waals surface area contributed by atoms with Crippen LogP contribution in [0.2, 0.25) is 0 Å². The molecule has 2 N–H and O–H groups in total. The van der Waals surface area contributed by atoms with Crippen molar-refractivity contribution in [2.45, 2.75) is 38.1 Å². The van der Waals surface area contributed by atoms with Gasteiger partial charge >= 0.3 is 0 Å². The lowest BCUT2D eigenvalue weighted by Gasteiger charge is -2.26. The summed E-state index contributed by atoms with van der Waals surface area (Å²) in [6.07, 6.45) is 5.41. The van der Waals surface area contributed by atoms with Gasteiger partial charge in [0.15, 0.2) is 0 Å². The van der Waals surface area contributed by atoms with E-state index in [9.17, 15) is 15.2 Å². The summed E-state index contributed by atoms with van der Waals surface area (Å²) in [5.41, 5.74) is 0.230. The Balaban J connectivity index is 2.09. The van der Waals surface area contributed by atoms with Crippen LogP contribution >= 0.6 is 22.6 Å². The Labute approximate surface area is 132 Å². The predicted molar refractivity (Wildman–Crippen MR) is 84.3 cm³/mol. The van der Waals surface area contributed by atoms with Gasteiger partial charge in [0.25, 0.3) is 5.91 Å². The summed E-state index contributed by atoms with van der Waals surface area (Å²) in [5, 5.41) is 21.8. The van der Waals surface area contributed by atoms with Crippen molar-refractivity contribution in [2.75, 3.05) is 0 Å². The van der Waals surface area contributed by atoms with Crippen LogP contribution in [0.15, 0.2) is 18.2 Å². The molecule has 106 valence electrons. The first-order chi connectivity index (χ1) is 9.61. The Morgan fingerprint density at radius 3 is 2.75 bits per heavy atom. The van der Waals surface area contributed by atoms with Gasteiger partial charge in [0.2, 0.25) is 0 Å². The molecule has 1 fully saturated rings. The molecule has 0 heterocycles. The average molecular weight is 384 g/mol. The number of carbonyl (C=O) groups excluding carboxylic acids is 1. The summed E-state index contributed by atoms with van der Waals surface area (Å²) in [6.45, 7) is 0. The second kappa shape index (κ2) is 6.93. The van der Waals surface area contributed by atoms with Gasteiger partial charge in [0, 0.05) is 3.57 Å². The summed E-state index contributed by atoms with van der Waals surface area (Å²) >= 11 is 2.09. The van der Waals surface area contributed by atoms with E-state index in [0.717, 1.165) is 29.3 Å². The normalized spacial score (nSPS) is 17.2. The maximum atomic E-state index is 12.2. The Kier molecular flexibility index (Phi) is 5.24. The summed E-state index contributed by atoms with van der Waals surface area (Å²) in [5.74, 6) is -0.205. The van der Waals surface area contributed by atoms with Crippen LogP contribution in [0.25, 0.3) is 0 Å². The third-order valence-electron chi connectivity index (χ3n) is 3.75. The topological polar surface area (TPSA) is 73.1 Å². The molecule has 0 bridgehead atoms. The van der Waals surface area contributed by atoms with Crippen LogP contribution < -0.4 is 5.32 Å². The molecule has 4 nitrogen and oxygen atoms in total. The number of hydrogen-bond donors (Lipinski definition) is 2. The fraction of sp³-hybridized carbons (Fsp3) is 0.467. The van der Waals surface area contributed by atoms with Crippen molar-refractivity contribution >= 4 is 28.5 Å². The van der Waals surface area contributed by atoms with Crippen molar-refractivity contribution in [1.82, 2.24) is 5.32 Å². The van der Waals surface area contributed by atoms with Gasteiger partial charge in [-0.15, -0.1) is 0 Å². The second-order valence-corrected chi connectivity index (χ2v) is 6.39. The van der Waals surface area contributed by atoms with Crippen LogP contribution in [-0.4, -0.2) is 17.1 Å². The lowest BCUT2D eigenvalue weighted by Crippen LogP contribution is -2.40. The maximum absolute atomic E-state index is 12.2. The summed E-state index contributed by atoms with van der Waals surface area (Å²) in [6, 6.07) is 6.57. The number of halogens is 1. The zero-order valence-electron chi connectivity index (χ0n) is 11.1. The fourth-order valence-corrected chi connectivity index (χ4v) is 3.12. The van der Waals surface area contributed by atoms with Gasteiger partial charge in [-0.3, -0.25) is 4.79 Å². The molecular weight excluding hydrogens is 367 g/mol. The Hall–Kier alpha value is -1.29. The minimum atomic E-state index is -0.472. The monoisotopic (exact) mass is 384 g/mol. The number of benzene rings is 1. The van der Waals surface area contributed by atoms with E-state index >= 15 is 0 Å². The number of aromatic hydroxyl groups is 1. The van der Waals surface area contributed by atoms with Crippen LogP contribution in [0.1, 0.15) is 42.5 Å². The Morgan fingerprint density at radius 2 is 2.10 bits per heavy atom. The number of rotatable bonds is 3. The fourth-order valence-electron chi connectivity index (χ4n) is 2.63. The summed E-state index contributed by atoms with van der Waals surface area (Å²) < 4.78 is 0.872. The minimum Gasteiger partial charge on any atom is -0.507 e. The van der Waals surface area contributed by atoms with Crippen LogP contribution in [0.3, 0.4) is 0 Å². The number of nitrogens with one attached hydrogen (secondary N) is 1. The molecule has 1 saturated carbocycles. The first-order valence-electron chi connectivity index (χ1n) is 6.81. The zero-order valence-corrected chi connectivity index (χ0v) is 13.3. The molecular formula is C15H17IN2O2. The molecule has 1 aliphatic rings. The number of carbonyl (C=O) groups is 1. The summed E-state index contributed by atoms with van der Waals surface area (Å²) in [7, 11) is 0. The van der Waals surface area contributed by atoms with Gasteiger partial charge in [-0.05, 0) is 59.5 Å². The van der Waals surface area contributed by atoms with E-state index < -0.39 is 6.04 Å². The third kappa shape index (κ3) is 3.63. The van der Waals surface area contributed by atoms with Crippen molar-refractivity contribution in [3.63, 3.8) is 0 Å². The Bertz CT molecular complexity index is 533. The predicted octanol–water partition coefficient (Wildman–Crippen LogP) is 3.20. The number of phenols is 1. The first kappa shape index (κ1) is 15.1. The van der Waals surface area contributed by atoms with E-state index in [0.29, 0.717) is 0 Å². The first-order valence-corrected chi connectivity index (χ1v) is 7.88. The number of amides is 1. The van der Waals surface area contributed by atoms with Crippen LogP contribution in [0.5, 0.6) is 5.75 Å². The van der Waals surface area contributed by atoms with E-state index in [-0.39, 0.29) is 23.1 Å². The maximum Gasteiger partial charge on any atom is 0.256 e. The highest BCUT2D eigenvalue weighted by atomic mass is 127. The molecule has 0 aromatic heterocycles. The van der Waals surface area contributed by atoms with Crippen molar-refractivity contribution in [1.29, 1.82) is 5.26 Å². The number of hydrogen-bond acceptors (Lipinski definition) is 3. The number of nitriles is 1. The minimum absolute atomic E-state index is 0.0525. The highest BCUT2D eigenvalue weighted by molar-refractivity contribution is 14.1. The summed E-state index contributed by atoms with van der Waals surface area (Å²) in [4.78, 5) is 12.2. The molecule has 0 spiro atoms. The standard InChI is InChI=1S/C15H17IN2O2/c16-11-6-7-14(19)12(8-11)15(20)18-13(9-17)10-4-2-1-3-5-10/h6-8,10,13,19H,1-5H2,(H,18,20). The lowest BCUT2D eigenvalue weighted by atomic mass is 9.84. The highest BCUT2D eigenvalue weighted by Crippen LogP contribution is 2.27. The second-order valence-electron chi connectivity index (χ2n) is 5.14. The van der Waals surface area contributed by atoms with Gasteiger partial charge in [-0.1, -0.05) is 19.3 Å². The van der Waals surface area contributed by atoms with E-state index in [1.54, 1.807) is 12.1 Å².